The van der Waals surface area contributed by atoms with Crippen LogP contribution in [-0.4, -0.2) is 31.4 Å². The molecular weight excluding hydrogens is 300 g/mol. The number of benzene rings is 1. The lowest BCUT2D eigenvalue weighted by atomic mass is 10.1. The number of sulfonamides is 1. The van der Waals surface area contributed by atoms with Gasteiger partial charge in [0.15, 0.2) is 0 Å². The van der Waals surface area contributed by atoms with E-state index in [1.165, 1.54) is 37.0 Å². The van der Waals surface area contributed by atoms with Gasteiger partial charge in [-0.25, -0.2) is 12.7 Å². The Labute approximate surface area is 130 Å². The van der Waals surface area contributed by atoms with Crippen LogP contribution in [0.2, 0.25) is 0 Å². The van der Waals surface area contributed by atoms with Crippen molar-refractivity contribution in [2.75, 3.05) is 14.1 Å². The standard InChI is InChI=1S/C16H20N2O3S/c1-12-7-13(2)9-14(8-12)10-18-11-15(5-6-16(18)19)22(20,21)17(3)4/h5-9,11H,10H2,1-4H3. The molecule has 0 unspecified atom stereocenters. The van der Waals surface area contributed by atoms with E-state index in [-0.39, 0.29) is 10.5 Å². The summed E-state index contributed by atoms with van der Waals surface area (Å²) in [5.74, 6) is 0. The van der Waals surface area contributed by atoms with Crippen molar-refractivity contribution in [2.45, 2.75) is 25.3 Å². The van der Waals surface area contributed by atoms with Crippen LogP contribution >= 0.6 is 0 Å². The van der Waals surface area contributed by atoms with Crippen LogP contribution in [0.4, 0.5) is 0 Å². The number of rotatable bonds is 4. The van der Waals surface area contributed by atoms with Crippen molar-refractivity contribution in [3.8, 4) is 0 Å². The summed E-state index contributed by atoms with van der Waals surface area (Å²) in [6.07, 6.45) is 1.40. The molecule has 0 aliphatic rings. The minimum absolute atomic E-state index is 0.112. The lowest BCUT2D eigenvalue weighted by Crippen LogP contribution is -2.26. The number of hydrogen-bond acceptors (Lipinski definition) is 3. The zero-order valence-electron chi connectivity index (χ0n) is 13.2. The number of nitrogens with zero attached hydrogens (tertiary/aromatic N) is 2. The Hall–Kier alpha value is -1.92. The molecule has 0 saturated carbocycles. The molecule has 118 valence electrons. The van der Waals surface area contributed by atoms with Gasteiger partial charge in [0.1, 0.15) is 0 Å². The summed E-state index contributed by atoms with van der Waals surface area (Å²) in [6, 6.07) is 8.67. The van der Waals surface area contributed by atoms with Crippen molar-refractivity contribution in [1.29, 1.82) is 0 Å². The fourth-order valence-electron chi connectivity index (χ4n) is 2.35. The lowest BCUT2D eigenvalue weighted by molar-refractivity contribution is 0.519. The van der Waals surface area contributed by atoms with Gasteiger partial charge in [0, 0.05) is 26.4 Å². The van der Waals surface area contributed by atoms with Crippen molar-refractivity contribution in [3.63, 3.8) is 0 Å². The molecule has 1 aromatic heterocycles. The summed E-state index contributed by atoms with van der Waals surface area (Å²) < 4.78 is 26.9. The van der Waals surface area contributed by atoms with Crippen molar-refractivity contribution in [3.05, 3.63) is 63.6 Å². The first-order valence-electron chi connectivity index (χ1n) is 6.90. The maximum atomic E-state index is 12.2. The van der Waals surface area contributed by atoms with E-state index >= 15 is 0 Å². The fraction of sp³-hybridized carbons (Fsp3) is 0.312. The predicted molar refractivity (Wildman–Crippen MR) is 86.6 cm³/mol. The zero-order valence-corrected chi connectivity index (χ0v) is 14.0. The van der Waals surface area contributed by atoms with Gasteiger partial charge in [0.2, 0.25) is 10.0 Å². The summed E-state index contributed by atoms with van der Waals surface area (Å²) in [6.45, 7) is 4.33. The summed E-state index contributed by atoms with van der Waals surface area (Å²) in [7, 11) is -0.617. The van der Waals surface area contributed by atoms with E-state index in [4.69, 9.17) is 0 Å². The van der Waals surface area contributed by atoms with Crippen molar-refractivity contribution in [1.82, 2.24) is 8.87 Å². The Morgan fingerprint density at radius 3 is 2.18 bits per heavy atom. The number of pyridine rings is 1. The molecule has 1 heterocycles. The number of aryl methyl sites for hydroxylation is 2. The first-order valence-corrected chi connectivity index (χ1v) is 8.34. The third-order valence-electron chi connectivity index (χ3n) is 3.37. The van der Waals surface area contributed by atoms with Gasteiger partial charge in [-0.1, -0.05) is 29.3 Å². The highest BCUT2D eigenvalue weighted by Gasteiger charge is 2.18. The molecule has 6 heteroatoms. The SMILES string of the molecule is Cc1cc(C)cc(Cn2cc(S(=O)(=O)N(C)C)ccc2=O)c1. The highest BCUT2D eigenvalue weighted by atomic mass is 32.2. The maximum Gasteiger partial charge on any atom is 0.250 e. The van der Waals surface area contributed by atoms with Gasteiger partial charge in [-0.15, -0.1) is 0 Å². The second-order valence-electron chi connectivity index (χ2n) is 5.61. The molecular formula is C16H20N2O3S. The van der Waals surface area contributed by atoms with Gasteiger partial charge in [-0.05, 0) is 25.5 Å². The lowest BCUT2D eigenvalue weighted by Gasteiger charge is -2.13. The molecule has 0 radical (unpaired) electrons. The molecule has 0 fully saturated rings. The van der Waals surface area contributed by atoms with Crippen molar-refractivity contribution in [2.24, 2.45) is 0 Å². The Morgan fingerprint density at radius 2 is 1.64 bits per heavy atom. The second-order valence-corrected chi connectivity index (χ2v) is 7.77. The molecule has 5 nitrogen and oxygen atoms in total. The monoisotopic (exact) mass is 320 g/mol. The molecule has 0 bridgehead atoms. The molecule has 2 aromatic rings. The predicted octanol–water partition coefficient (Wildman–Crippen LogP) is 1.76. The van der Waals surface area contributed by atoms with E-state index in [0.717, 1.165) is 21.0 Å². The van der Waals surface area contributed by atoms with Crippen LogP contribution in [0.15, 0.2) is 46.2 Å². The van der Waals surface area contributed by atoms with Crippen LogP contribution in [0, 0.1) is 13.8 Å². The Kier molecular flexibility index (Phi) is 4.53. The van der Waals surface area contributed by atoms with Crippen LogP contribution in [0.1, 0.15) is 16.7 Å². The first-order chi connectivity index (χ1) is 10.2. The molecule has 2 rings (SSSR count). The number of aromatic nitrogens is 1. The fourth-order valence-corrected chi connectivity index (χ4v) is 3.28. The molecule has 0 saturated heterocycles. The molecule has 0 atom stereocenters. The van der Waals surface area contributed by atoms with Crippen LogP contribution in [0.3, 0.4) is 0 Å². The van der Waals surface area contributed by atoms with Crippen LogP contribution in [0.25, 0.3) is 0 Å². The molecule has 0 spiro atoms. The van der Waals surface area contributed by atoms with Crippen LogP contribution in [0.5, 0.6) is 0 Å². The highest BCUT2D eigenvalue weighted by Crippen LogP contribution is 2.13. The van der Waals surface area contributed by atoms with E-state index in [2.05, 4.69) is 6.07 Å². The normalized spacial score (nSPS) is 11.9. The summed E-state index contributed by atoms with van der Waals surface area (Å²) >= 11 is 0. The van der Waals surface area contributed by atoms with Gasteiger partial charge < -0.3 is 4.57 Å². The summed E-state index contributed by atoms with van der Waals surface area (Å²) in [5.41, 5.74) is 2.97. The Bertz CT molecular complexity index is 832. The van der Waals surface area contributed by atoms with Gasteiger partial charge in [-0.2, -0.15) is 0 Å². The van der Waals surface area contributed by atoms with Gasteiger partial charge in [0.25, 0.3) is 5.56 Å². The van der Waals surface area contributed by atoms with Crippen molar-refractivity contribution >= 4 is 10.0 Å². The largest absolute Gasteiger partial charge is 0.310 e. The smallest absolute Gasteiger partial charge is 0.250 e. The Morgan fingerprint density at radius 1 is 1.05 bits per heavy atom. The molecule has 1 aromatic carbocycles. The first kappa shape index (κ1) is 16.5. The van der Waals surface area contributed by atoms with E-state index < -0.39 is 10.0 Å². The van der Waals surface area contributed by atoms with Gasteiger partial charge in [-0.3, -0.25) is 4.79 Å². The van der Waals surface area contributed by atoms with Gasteiger partial charge >= 0.3 is 0 Å². The molecule has 0 aliphatic heterocycles. The summed E-state index contributed by atoms with van der Waals surface area (Å²) in [4.78, 5) is 12.1. The molecule has 0 N–H and O–H groups in total. The third-order valence-corrected chi connectivity index (χ3v) is 5.17. The van der Waals surface area contributed by atoms with E-state index in [1.54, 1.807) is 0 Å². The maximum absolute atomic E-state index is 12.2. The topological polar surface area (TPSA) is 59.4 Å². The molecule has 0 amide bonds. The summed E-state index contributed by atoms with van der Waals surface area (Å²) in [5, 5.41) is 0. The van der Waals surface area contributed by atoms with Gasteiger partial charge in [0.05, 0.1) is 11.4 Å². The zero-order chi connectivity index (χ0) is 16.5. The number of hydrogen-bond donors (Lipinski definition) is 0. The quantitative estimate of drug-likeness (QED) is 0.862. The van der Waals surface area contributed by atoms with E-state index in [1.807, 2.05) is 26.0 Å². The molecule has 0 aliphatic carbocycles. The second kappa shape index (κ2) is 6.06. The van der Waals surface area contributed by atoms with E-state index in [0.29, 0.717) is 6.54 Å². The minimum atomic E-state index is -3.55. The average Bonchev–Trinajstić information content (AvgIpc) is 2.39. The third kappa shape index (κ3) is 3.45. The van der Waals surface area contributed by atoms with E-state index in [9.17, 15) is 13.2 Å². The Balaban J connectivity index is 2.46. The molecule has 22 heavy (non-hydrogen) atoms. The minimum Gasteiger partial charge on any atom is -0.310 e. The van der Waals surface area contributed by atoms with Crippen molar-refractivity contribution < 1.29 is 8.42 Å². The van der Waals surface area contributed by atoms with Crippen LogP contribution < -0.4 is 5.56 Å². The highest BCUT2D eigenvalue weighted by molar-refractivity contribution is 7.89. The van der Waals surface area contributed by atoms with Crippen LogP contribution in [-0.2, 0) is 16.6 Å². The average molecular weight is 320 g/mol.